The maximum atomic E-state index is 12.8. The van der Waals surface area contributed by atoms with Crippen molar-refractivity contribution in [3.63, 3.8) is 0 Å². The van der Waals surface area contributed by atoms with Gasteiger partial charge in [-0.3, -0.25) is 14.7 Å². The lowest BCUT2D eigenvalue weighted by atomic mass is 9.76. The number of rotatable bonds is 6. The highest BCUT2D eigenvalue weighted by Gasteiger charge is 2.47. The molecule has 1 aromatic heterocycles. The Bertz CT molecular complexity index is 554. The van der Waals surface area contributed by atoms with Crippen molar-refractivity contribution in [1.82, 2.24) is 20.1 Å². The predicted molar refractivity (Wildman–Crippen MR) is 100 cm³/mol. The molecule has 1 amide bonds. The van der Waals surface area contributed by atoms with Crippen LogP contribution < -0.4 is 5.32 Å². The number of carbonyl (C=O) groups excluding carboxylic acids is 1. The molecule has 1 unspecified atom stereocenters. The van der Waals surface area contributed by atoms with Crippen molar-refractivity contribution in [2.75, 3.05) is 39.8 Å². The molecule has 0 radical (unpaired) electrons. The third-order valence-electron chi connectivity index (χ3n) is 5.93. The van der Waals surface area contributed by atoms with Crippen LogP contribution in [0.15, 0.2) is 24.5 Å². The van der Waals surface area contributed by atoms with Crippen LogP contribution in [0.4, 0.5) is 0 Å². The fourth-order valence-electron chi connectivity index (χ4n) is 4.38. The van der Waals surface area contributed by atoms with Crippen molar-refractivity contribution in [2.45, 2.75) is 45.1 Å². The van der Waals surface area contributed by atoms with E-state index >= 15 is 0 Å². The summed E-state index contributed by atoms with van der Waals surface area (Å²) >= 11 is 0. The average molecular weight is 345 g/mol. The Hall–Kier alpha value is -1.46. The zero-order valence-electron chi connectivity index (χ0n) is 15.7. The van der Waals surface area contributed by atoms with Gasteiger partial charge in [-0.05, 0) is 81.9 Å². The van der Waals surface area contributed by atoms with Gasteiger partial charge in [0.25, 0.3) is 0 Å². The van der Waals surface area contributed by atoms with Gasteiger partial charge in [-0.25, -0.2) is 0 Å². The first-order valence-corrected chi connectivity index (χ1v) is 9.71. The lowest BCUT2D eigenvalue weighted by Gasteiger charge is -2.37. The minimum atomic E-state index is 0.0563. The summed E-state index contributed by atoms with van der Waals surface area (Å²) in [5.74, 6) is 0.221. The van der Waals surface area contributed by atoms with Crippen LogP contribution in [0.2, 0.25) is 0 Å². The number of hydrogen-bond donors (Lipinski definition) is 1. The maximum absolute atomic E-state index is 12.8. The van der Waals surface area contributed by atoms with Gasteiger partial charge in [0.2, 0.25) is 5.91 Å². The second kappa shape index (κ2) is 8.28. The number of hydrogen-bond acceptors (Lipinski definition) is 4. The van der Waals surface area contributed by atoms with E-state index < -0.39 is 0 Å². The van der Waals surface area contributed by atoms with Gasteiger partial charge < -0.3 is 10.2 Å². The zero-order chi connectivity index (χ0) is 17.7. The van der Waals surface area contributed by atoms with Crippen molar-refractivity contribution in [3.8, 4) is 0 Å². The van der Waals surface area contributed by atoms with Crippen LogP contribution in [0.3, 0.4) is 0 Å². The molecular weight excluding hydrogens is 312 g/mol. The monoisotopic (exact) mass is 344 g/mol. The molecule has 0 aliphatic carbocycles. The van der Waals surface area contributed by atoms with E-state index in [0.29, 0.717) is 12.0 Å². The van der Waals surface area contributed by atoms with Crippen LogP contribution >= 0.6 is 0 Å². The Morgan fingerprint density at radius 1 is 1.32 bits per heavy atom. The van der Waals surface area contributed by atoms with Crippen molar-refractivity contribution in [2.24, 2.45) is 5.41 Å². The minimum absolute atomic E-state index is 0.0563. The molecule has 0 bridgehead atoms. The number of nitrogens with one attached hydrogen (secondary N) is 1. The Labute approximate surface area is 151 Å². The summed E-state index contributed by atoms with van der Waals surface area (Å²) < 4.78 is 0. The van der Waals surface area contributed by atoms with Crippen molar-refractivity contribution in [1.29, 1.82) is 0 Å². The lowest BCUT2D eigenvalue weighted by Crippen LogP contribution is -2.44. The first kappa shape index (κ1) is 18.3. The first-order chi connectivity index (χ1) is 12.1. The van der Waals surface area contributed by atoms with E-state index in [-0.39, 0.29) is 11.9 Å². The molecule has 5 nitrogen and oxygen atoms in total. The fourth-order valence-corrected chi connectivity index (χ4v) is 4.38. The van der Waals surface area contributed by atoms with E-state index in [2.05, 4.69) is 34.1 Å². The van der Waals surface area contributed by atoms with Crippen molar-refractivity contribution in [3.05, 3.63) is 30.1 Å². The highest BCUT2D eigenvalue weighted by atomic mass is 16.2. The highest BCUT2D eigenvalue weighted by molar-refractivity contribution is 5.82. The summed E-state index contributed by atoms with van der Waals surface area (Å²) in [6.45, 7) is 7.36. The summed E-state index contributed by atoms with van der Waals surface area (Å²) in [6.07, 6.45) is 9.07. The van der Waals surface area contributed by atoms with E-state index in [4.69, 9.17) is 0 Å². The molecular formula is C20H32N4O. The Kier molecular flexibility index (Phi) is 6.07. The topological polar surface area (TPSA) is 48.5 Å². The third-order valence-corrected chi connectivity index (χ3v) is 5.93. The molecule has 2 fully saturated rings. The van der Waals surface area contributed by atoms with E-state index in [1.54, 1.807) is 12.4 Å². The van der Waals surface area contributed by atoms with E-state index in [9.17, 15) is 4.79 Å². The SMILES string of the molecule is CCCN1CC2(CCN(C)CC2)CC1C(=O)NCCc1ccncc1. The zero-order valence-corrected chi connectivity index (χ0v) is 15.7. The van der Waals surface area contributed by atoms with Gasteiger partial charge >= 0.3 is 0 Å². The van der Waals surface area contributed by atoms with Gasteiger partial charge in [-0.2, -0.15) is 0 Å². The summed E-state index contributed by atoms with van der Waals surface area (Å²) in [5, 5.41) is 3.18. The summed E-state index contributed by atoms with van der Waals surface area (Å²) in [4.78, 5) is 21.7. The summed E-state index contributed by atoms with van der Waals surface area (Å²) in [5.41, 5.74) is 1.58. The molecule has 1 aromatic rings. The number of piperidine rings is 1. The first-order valence-electron chi connectivity index (χ1n) is 9.71. The molecule has 5 heteroatoms. The van der Waals surface area contributed by atoms with Gasteiger partial charge in [0.1, 0.15) is 0 Å². The Morgan fingerprint density at radius 2 is 2.04 bits per heavy atom. The van der Waals surface area contributed by atoms with Crippen LogP contribution in [-0.4, -0.2) is 66.5 Å². The standard InChI is InChI=1S/C20H32N4O/c1-3-12-24-16-20(7-13-23(2)14-8-20)15-18(24)19(25)22-11-6-17-4-9-21-10-5-17/h4-5,9-10,18H,3,6-8,11-16H2,1-2H3,(H,22,25). The van der Waals surface area contributed by atoms with Gasteiger partial charge in [0, 0.05) is 25.5 Å². The number of aromatic nitrogens is 1. The molecule has 2 saturated heterocycles. The van der Waals surface area contributed by atoms with E-state index in [0.717, 1.165) is 45.4 Å². The van der Waals surface area contributed by atoms with Crippen LogP contribution in [-0.2, 0) is 11.2 Å². The van der Waals surface area contributed by atoms with Gasteiger partial charge in [0.15, 0.2) is 0 Å². The van der Waals surface area contributed by atoms with Crippen LogP contribution in [0.25, 0.3) is 0 Å². The number of amides is 1. The highest BCUT2D eigenvalue weighted by Crippen LogP contribution is 2.43. The lowest BCUT2D eigenvalue weighted by molar-refractivity contribution is -0.125. The minimum Gasteiger partial charge on any atom is -0.354 e. The summed E-state index contributed by atoms with van der Waals surface area (Å²) in [6, 6.07) is 4.08. The molecule has 25 heavy (non-hydrogen) atoms. The van der Waals surface area contributed by atoms with E-state index in [1.165, 1.54) is 18.4 Å². The number of nitrogens with zero attached hydrogens (tertiary/aromatic N) is 3. The smallest absolute Gasteiger partial charge is 0.237 e. The number of likely N-dealkylation sites (tertiary alicyclic amines) is 2. The van der Waals surface area contributed by atoms with Gasteiger partial charge in [0.05, 0.1) is 6.04 Å². The van der Waals surface area contributed by atoms with Crippen LogP contribution in [0.5, 0.6) is 0 Å². The molecule has 2 aliphatic rings. The molecule has 3 rings (SSSR count). The summed E-state index contributed by atoms with van der Waals surface area (Å²) in [7, 11) is 2.20. The van der Waals surface area contributed by atoms with Crippen molar-refractivity contribution >= 4 is 5.91 Å². The van der Waals surface area contributed by atoms with Crippen molar-refractivity contribution < 1.29 is 4.79 Å². The Balaban J connectivity index is 1.55. The van der Waals surface area contributed by atoms with Crippen LogP contribution in [0, 0.1) is 5.41 Å². The second-order valence-corrected chi connectivity index (χ2v) is 7.89. The second-order valence-electron chi connectivity index (χ2n) is 7.89. The number of pyridine rings is 1. The largest absolute Gasteiger partial charge is 0.354 e. The van der Waals surface area contributed by atoms with Crippen LogP contribution in [0.1, 0.15) is 38.2 Å². The molecule has 138 valence electrons. The quantitative estimate of drug-likeness (QED) is 0.857. The molecule has 1 spiro atoms. The molecule has 1 atom stereocenters. The average Bonchev–Trinajstić information content (AvgIpc) is 2.97. The van der Waals surface area contributed by atoms with Gasteiger partial charge in [-0.15, -0.1) is 0 Å². The Morgan fingerprint density at radius 3 is 2.72 bits per heavy atom. The molecule has 2 aliphatic heterocycles. The number of carbonyl (C=O) groups is 1. The molecule has 0 aromatic carbocycles. The third kappa shape index (κ3) is 4.59. The normalized spacial score (nSPS) is 23.8. The molecule has 3 heterocycles. The van der Waals surface area contributed by atoms with E-state index in [1.807, 2.05) is 12.1 Å². The predicted octanol–water partition coefficient (Wildman–Crippen LogP) is 1.94. The fraction of sp³-hybridized carbons (Fsp3) is 0.700. The maximum Gasteiger partial charge on any atom is 0.237 e. The molecule has 0 saturated carbocycles. The van der Waals surface area contributed by atoms with Gasteiger partial charge in [-0.1, -0.05) is 6.92 Å². The molecule has 1 N–H and O–H groups in total.